The number of carbonyl (C=O) groups is 1. The van der Waals surface area contributed by atoms with Crippen molar-refractivity contribution in [3.8, 4) is 5.75 Å². The minimum atomic E-state index is -4.14. The topological polar surface area (TPSA) is 63.7 Å². The van der Waals surface area contributed by atoms with Gasteiger partial charge in [0, 0.05) is 18.2 Å². The molecule has 0 aromatic heterocycles. The van der Waals surface area contributed by atoms with Gasteiger partial charge >= 0.3 is 10.1 Å². The summed E-state index contributed by atoms with van der Waals surface area (Å²) in [6.45, 7) is 3.89. The molecule has 0 N–H and O–H groups in total. The Hall–Kier alpha value is -3.26. The lowest BCUT2D eigenvalue weighted by atomic mass is 10.1. The third-order valence-electron chi connectivity index (χ3n) is 4.53. The smallest absolute Gasteiger partial charge is 0.339 e. The first-order chi connectivity index (χ1) is 14.7. The number of nitrogens with zero attached hydrogens (tertiary/aromatic N) is 1. The second-order valence-corrected chi connectivity index (χ2v) is 8.72. The van der Waals surface area contributed by atoms with Crippen LogP contribution in [0.1, 0.15) is 29.8 Å². The third kappa shape index (κ3) is 5.67. The van der Waals surface area contributed by atoms with E-state index < -0.39 is 21.8 Å². The standard InChI is InChI=1S/C23H21F2NO4S/c1-16(2)26(23(27)18-6-8-19(24)9-7-18)15-17-4-3-5-21(14-17)30-31(28,29)22-12-10-20(25)11-13-22/h3-14,16H,15H2,1-2H3. The normalized spacial score (nSPS) is 11.4. The molecule has 0 aliphatic rings. The average molecular weight is 445 g/mol. The van der Waals surface area contributed by atoms with Crippen LogP contribution in [0, 0.1) is 11.6 Å². The van der Waals surface area contributed by atoms with Crippen LogP contribution in [0.15, 0.2) is 77.7 Å². The molecule has 0 spiro atoms. The van der Waals surface area contributed by atoms with Crippen molar-refractivity contribution in [3.63, 3.8) is 0 Å². The molecule has 1 amide bonds. The van der Waals surface area contributed by atoms with E-state index in [4.69, 9.17) is 4.18 Å². The Labute approximate surface area is 180 Å². The summed E-state index contributed by atoms with van der Waals surface area (Å²) in [4.78, 5) is 14.3. The molecule has 31 heavy (non-hydrogen) atoms. The Morgan fingerprint density at radius 1 is 0.935 bits per heavy atom. The zero-order valence-electron chi connectivity index (χ0n) is 17.0. The van der Waals surface area contributed by atoms with Crippen molar-refractivity contribution in [2.75, 3.05) is 0 Å². The Bertz CT molecular complexity index is 1160. The highest BCUT2D eigenvalue weighted by Gasteiger charge is 2.21. The van der Waals surface area contributed by atoms with E-state index in [2.05, 4.69) is 0 Å². The third-order valence-corrected chi connectivity index (χ3v) is 5.80. The van der Waals surface area contributed by atoms with Gasteiger partial charge in [0.1, 0.15) is 22.3 Å². The lowest BCUT2D eigenvalue weighted by Crippen LogP contribution is -2.36. The molecule has 162 valence electrons. The van der Waals surface area contributed by atoms with E-state index in [-0.39, 0.29) is 29.1 Å². The van der Waals surface area contributed by atoms with Gasteiger partial charge in [-0.1, -0.05) is 12.1 Å². The maximum atomic E-state index is 13.2. The fourth-order valence-corrected chi connectivity index (χ4v) is 3.84. The van der Waals surface area contributed by atoms with Gasteiger partial charge in [-0.3, -0.25) is 4.79 Å². The minimum Gasteiger partial charge on any atom is -0.379 e. The molecule has 3 rings (SSSR count). The number of hydrogen-bond donors (Lipinski definition) is 0. The molecule has 0 saturated carbocycles. The summed E-state index contributed by atoms with van der Waals surface area (Å²) in [5, 5.41) is 0. The first-order valence-corrected chi connectivity index (χ1v) is 10.9. The summed E-state index contributed by atoms with van der Waals surface area (Å²) in [7, 11) is -4.14. The van der Waals surface area contributed by atoms with Gasteiger partial charge < -0.3 is 9.08 Å². The van der Waals surface area contributed by atoms with Gasteiger partial charge in [-0.25, -0.2) is 8.78 Å². The van der Waals surface area contributed by atoms with Gasteiger partial charge in [0.05, 0.1) is 0 Å². The van der Waals surface area contributed by atoms with Crippen LogP contribution in [0.25, 0.3) is 0 Å². The van der Waals surface area contributed by atoms with E-state index in [1.165, 1.54) is 36.4 Å². The summed E-state index contributed by atoms with van der Waals surface area (Å²) in [5.74, 6) is -1.19. The van der Waals surface area contributed by atoms with Gasteiger partial charge in [-0.15, -0.1) is 0 Å². The lowest BCUT2D eigenvalue weighted by molar-refractivity contribution is 0.0690. The number of halogens is 2. The second kappa shape index (κ2) is 9.26. The zero-order valence-corrected chi connectivity index (χ0v) is 17.8. The maximum absolute atomic E-state index is 13.2. The van der Waals surface area contributed by atoms with Gasteiger partial charge in [-0.05, 0) is 80.1 Å². The van der Waals surface area contributed by atoms with E-state index in [0.29, 0.717) is 11.1 Å². The highest BCUT2D eigenvalue weighted by molar-refractivity contribution is 7.87. The second-order valence-electron chi connectivity index (χ2n) is 7.17. The van der Waals surface area contributed by atoms with Gasteiger partial charge in [-0.2, -0.15) is 8.42 Å². The quantitative estimate of drug-likeness (QED) is 0.491. The van der Waals surface area contributed by atoms with E-state index in [1.807, 2.05) is 13.8 Å². The van der Waals surface area contributed by atoms with Crippen LogP contribution in [-0.2, 0) is 16.7 Å². The van der Waals surface area contributed by atoms with Crippen molar-refractivity contribution in [1.29, 1.82) is 0 Å². The van der Waals surface area contributed by atoms with Crippen molar-refractivity contribution >= 4 is 16.0 Å². The molecule has 5 nitrogen and oxygen atoms in total. The molecule has 0 aliphatic heterocycles. The molecule has 0 heterocycles. The van der Waals surface area contributed by atoms with Crippen molar-refractivity contribution < 1.29 is 26.2 Å². The van der Waals surface area contributed by atoms with Crippen LogP contribution in [0.4, 0.5) is 8.78 Å². The average Bonchev–Trinajstić information content (AvgIpc) is 2.72. The van der Waals surface area contributed by atoms with Crippen LogP contribution in [0.2, 0.25) is 0 Å². The van der Waals surface area contributed by atoms with Crippen molar-refractivity contribution in [3.05, 3.63) is 95.6 Å². The molecule has 0 saturated heterocycles. The van der Waals surface area contributed by atoms with Crippen molar-refractivity contribution in [1.82, 2.24) is 4.90 Å². The minimum absolute atomic E-state index is 0.0692. The van der Waals surface area contributed by atoms with Crippen molar-refractivity contribution in [2.45, 2.75) is 31.3 Å². The monoisotopic (exact) mass is 445 g/mol. The first-order valence-electron chi connectivity index (χ1n) is 9.51. The fourth-order valence-electron chi connectivity index (χ4n) is 2.92. The zero-order chi connectivity index (χ0) is 22.6. The van der Waals surface area contributed by atoms with Crippen LogP contribution in [-0.4, -0.2) is 25.3 Å². The Morgan fingerprint density at radius 3 is 2.10 bits per heavy atom. The van der Waals surface area contributed by atoms with Crippen LogP contribution in [0.3, 0.4) is 0 Å². The predicted molar refractivity (Wildman–Crippen MR) is 112 cm³/mol. The summed E-state index contributed by atoms with van der Waals surface area (Å²) in [5.41, 5.74) is 0.998. The summed E-state index contributed by atoms with van der Waals surface area (Å²) in [6.07, 6.45) is 0. The van der Waals surface area contributed by atoms with Gasteiger partial charge in [0.2, 0.25) is 0 Å². The number of carbonyl (C=O) groups excluding carboxylic acids is 1. The molecule has 0 unspecified atom stereocenters. The van der Waals surface area contributed by atoms with E-state index >= 15 is 0 Å². The molecule has 0 fully saturated rings. The molecule has 0 bridgehead atoms. The molecular weight excluding hydrogens is 424 g/mol. The van der Waals surface area contributed by atoms with Gasteiger partial charge in [0.15, 0.2) is 0 Å². The SMILES string of the molecule is CC(C)N(Cc1cccc(OS(=O)(=O)c2ccc(F)cc2)c1)C(=O)c1ccc(F)cc1. The highest BCUT2D eigenvalue weighted by Crippen LogP contribution is 2.22. The van der Waals surface area contributed by atoms with E-state index in [1.54, 1.807) is 17.0 Å². The van der Waals surface area contributed by atoms with Crippen LogP contribution >= 0.6 is 0 Å². The Balaban J connectivity index is 1.80. The summed E-state index contributed by atoms with van der Waals surface area (Å²) >= 11 is 0. The van der Waals surface area contributed by atoms with Gasteiger partial charge in [0.25, 0.3) is 5.91 Å². The first kappa shape index (κ1) is 22.4. The summed E-state index contributed by atoms with van der Waals surface area (Å²) in [6, 6.07) is 15.8. The molecule has 0 aliphatic carbocycles. The molecule has 3 aromatic carbocycles. The molecule has 0 atom stereocenters. The highest BCUT2D eigenvalue weighted by atomic mass is 32.2. The Kier molecular flexibility index (Phi) is 6.70. The molecule has 8 heteroatoms. The fraction of sp³-hybridized carbons (Fsp3) is 0.174. The number of hydrogen-bond acceptors (Lipinski definition) is 4. The molecule has 0 radical (unpaired) electrons. The Morgan fingerprint density at radius 2 is 1.52 bits per heavy atom. The van der Waals surface area contributed by atoms with E-state index in [0.717, 1.165) is 24.3 Å². The largest absolute Gasteiger partial charge is 0.379 e. The lowest BCUT2D eigenvalue weighted by Gasteiger charge is -2.27. The van der Waals surface area contributed by atoms with Crippen LogP contribution < -0.4 is 4.18 Å². The molecular formula is C23H21F2NO4S. The predicted octanol–water partition coefficient (Wildman–Crippen LogP) is 4.78. The maximum Gasteiger partial charge on any atom is 0.339 e. The van der Waals surface area contributed by atoms with E-state index in [9.17, 15) is 22.0 Å². The molecule has 3 aromatic rings. The number of benzene rings is 3. The van der Waals surface area contributed by atoms with Crippen LogP contribution in [0.5, 0.6) is 5.75 Å². The summed E-state index contributed by atoms with van der Waals surface area (Å²) < 4.78 is 56.3. The number of amides is 1. The van der Waals surface area contributed by atoms with Crippen molar-refractivity contribution in [2.24, 2.45) is 0 Å². The number of rotatable bonds is 7.